The van der Waals surface area contributed by atoms with Crippen LogP contribution in [0.4, 0.5) is 4.39 Å². The van der Waals surface area contributed by atoms with E-state index in [1.165, 1.54) is 18.5 Å². The molecule has 0 aliphatic heterocycles. The molecule has 0 saturated carbocycles. The van der Waals surface area contributed by atoms with Crippen molar-refractivity contribution in [2.75, 3.05) is 6.54 Å². The second-order valence-electron chi connectivity index (χ2n) is 3.44. The fourth-order valence-corrected chi connectivity index (χ4v) is 1.41. The van der Waals surface area contributed by atoms with Gasteiger partial charge in [-0.25, -0.2) is 9.37 Å². The normalized spacial score (nSPS) is 12.7. The van der Waals surface area contributed by atoms with Crippen molar-refractivity contribution < 1.29 is 9.50 Å². The molecule has 16 heavy (non-hydrogen) atoms. The Morgan fingerprint density at radius 3 is 3.00 bits per heavy atom. The molecule has 4 nitrogen and oxygen atoms in total. The number of nitrogens with zero attached hydrogens (tertiary/aromatic N) is 2. The molecule has 0 bridgehead atoms. The van der Waals surface area contributed by atoms with E-state index >= 15 is 0 Å². The van der Waals surface area contributed by atoms with Crippen LogP contribution in [0.25, 0.3) is 5.69 Å². The summed E-state index contributed by atoms with van der Waals surface area (Å²) in [6, 6.07) is 6.13. The van der Waals surface area contributed by atoms with E-state index in [2.05, 4.69) is 4.98 Å². The molecule has 1 heterocycles. The maximum Gasteiger partial charge on any atom is 0.125 e. The van der Waals surface area contributed by atoms with Crippen LogP contribution in [0.15, 0.2) is 36.8 Å². The standard InChI is InChI=1S/C11H12FN3O/c12-8-2-1-3-9(4-8)15-6-10(14-7-15)11(16)5-13/h1-4,6-7,11,16H,5,13H2. The number of hydrogen-bond acceptors (Lipinski definition) is 3. The van der Waals surface area contributed by atoms with Gasteiger partial charge in [0.2, 0.25) is 0 Å². The summed E-state index contributed by atoms with van der Waals surface area (Å²) < 4.78 is 14.6. The monoisotopic (exact) mass is 221 g/mol. The second kappa shape index (κ2) is 4.42. The van der Waals surface area contributed by atoms with Gasteiger partial charge in [0, 0.05) is 18.4 Å². The summed E-state index contributed by atoms with van der Waals surface area (Å²) in [6.45, 7) is 0.111. The van der Waals surface area contributed by atoms with Crippen LogP contribution in [0.1, 0.15) is 11.8 Å². The third kappa shape index (κ3) is 2.10. The van der Waals surface area contributed by atoms with E-state index in [0.717, 1.165) is 0 Å². The molecule has 0 amide bonds. The predicted molar refractivity (Wildman–Crippen MR) is 57.5 cm³/mol. The van der Waals surface area contributed by atoms with Crippen LogP contribution in [0.5, 0.6) is 0 Å². The van der Waals surface area contributed by atoms with E-state index in [1.54, 1.807) is 22.9 Å². The number of benzene rings is 1. The van der Waals surface area contributed by atoms with Crippen molar-refractivity contribution in [3.8, 4) is 5.69 Å². The summed E-state index contributed by atoms with van der Waals surface area (Å²) in [4.78, 5) is 4.00. The number of aliphatic hydroxyl groups is 1. The van der Waals surface area contributed by atoms with E-state index in [0.29, 0.717) is 11.4 Å². The van der Waals surface area contributed by atoms with Gasteiger partial charge in [-0.15, -0.1) is 0 Å². The van der Waals surface area contributed by atoms with Gasteiger partial charge in [0.25, 0.3) is 0 Å². The molecule has 2 aromatic rings. The number of aliphatic hydroxyl groups excluding tert-OH is 1. The van der Waals surface area contributed by atoms with Crippen LogP contribution < -0.4 is 5.73 Å². The highest BCUT2D eigenvalue weighted by molar-refractivity contribution is 5.32. The predicted octanol–water partition coefficient (Wildman–Crippen LogP) is 1.00. The summed E-state index contributed by atoms with van der Waals surface area (Å²) in [5, 5.41) is 9.47. The molecule has 1 unspecified atom stereocenters. The quantitative estimate of drug-likeness (QED) is 0.812. The number of halogens is 1. The zero-order valence-electron chi connectivity index (χ0n) is 8.55. The first-order valence-corrected chi connectivity index (χ1v) is 4.88. The van der Waals surface area contributed by atoms with Gasteiger partial charge < -0.3 is 15.4 Å². The van der Waals surface area contributed by atoms with E-state index < -0.39 is 6.10 Å². The highest BCUT2D eigenvalue weighted by atomic mass is 19.1. The lowest BCUT2D eigenvalue weighted by Crippen LogP contribution is -2.11. The van der Waals surface area contributed by atoms with E-state index in [1.807, 2.05) is 0 Å². The number of aromatic nitrogens is 2. The maximum atomic E-state index is 13.0. The van der Waals surface area contributed by atoms with Crippen LogP contribution in [-0.4, -0.2) is 21.2 Å². The Bertz CT molecular complexity index is 484. The molecule has 3 N–H and O–H groups in total. The van der Waals surface area contributed by atoms with Crippen molar-refractivity contribution in [1.82, 2.24) is 9.55 Å². The lowest BCUT2D eigenvalue weighted by molar-refractivity contribution is 0.182. The maximum absolute atomic E-state index is 13.0. The first-order chi connectivity index (χ1) is 7.70. The highest BCUT2D eigenvalue weighted by Gasteiger charge is 2.09. The number of imidazole rings is 1. The van der Waals surface area contributed by atoms with Gasteiger partial charge in [0.05, 0.1) is 12.0 Å². The highest BCUT2D eigenvalue weighted by Crippen LogP contribution is 2.13. The molecule has 0 fully saturated rings. The Morgan fingerprint density at radius 1 is 1.50 bits per heavy atom. The third-order valence-corrected chi connectivity index (χ3v) is 2.27. The molecule has 0 radical (unpaired) electrons. The van der Waals surface area contributed by atoms with Gasteiger partial charge in [-0.2, -0.15) is 0 Å². The molecule has 0 spiro atoms. The molecule has 0 saturated heterocycles. The van der Waals surface area contributed by atoms with Gasteiger partial charge in [-0.1, -0.05) is 6.07 Å². The first-order valence-electron chi connectivity index (χ1n) is 4.88. The SMILES string of the molecule is NCC(O)c1cn(-c2cccc(F)c2)cn1. The zero-order valence-corrected chi connectivity index (χ0v) is 8.55. The Morgan fingerprint density at radius 2 is 2.31 bits per heavy atom. The van der Waals surface area contributed by atoms with Crippen molar-refractivity contribution in [2.24, 2.45) is 5.73 Å². The molecule has 84 valence electrons. The minimum atomic E-state index is -0.783. The summed E-state index contributed by atoms with van der Waals surface area (Å²) in [6.07, 6.45) is 2.37. The molecule has 1 atom stereocenters. The minimum Gasteiger partial charge on any atom is -0.385 e. The van der Waals surface area contributed by atoms with Crippen LogP contribution in [0, 0.1) is 5.82 Å². The van der Waals surface area contributed by atoms with E-state index in [-0.39, 0.29) is 12.4 Å². The van der Waals surface area contributed by atoms with Gasteiger partial charge in [-0.05, 0) is 18.2 Å². The average Bonchev–Trinajstić information content (AvgIpc) is 2.77. The molecule has 0 aliphatic carbocycles. The number of rotatable bonds is 3. The Balaban J connectivity index is 2.31. The molecule has 5 heteroatoms. The van der Waals surface area contributed by atoms with Crippen LogP contribution >= 0.6 is 0 Å². The lowest BCUT2D eigenvalue weighted by atomic mass is 10.3. The molecule has 1 aromatic heterocycles. The van der Waals surface area contributed by atoms with E-state index in [4.69, 9.17) is 5.73 Å². The fourth-order valence-electron chi connectivity index (χ4n) is 1.41. The molecule has 1 aromatic carbocycles. The van der Waals surface area contributed by atoms with Gasteiger partial charge >= 0.3 is 0 Å². The topological polar surface area (TPSA) is 64.1 Å². The lowest BCUT2D eigenvalue weighted by Gasteiger charge is -2.03. The number of nitrogens with two attached hydrogens (primary N) is 1. The molecule has 2 rings (SSSR count). The Kier molecular flexibility index (Phi) is 2.98. The van der Waals surface area contributed by atoms with Crippen molar-refractivity contribution in [2.45, 2.75) is 6.10 Å². The average molecular weight is 221 g/mol. The smallest absolute Gasteiger partial charge is 0.125 e. The molecule has 0 aliphatic rings. The Hall–Kier alpha value is -1.72. The van der Waals surface area contributed by atoms with Gasteiger partial charge in [-0.3, -0.25) is 0 Å². The minimum absolute atomic E-state index is 0.111. The second-order valence-corrected chi connectivity index (χ2v) is 3.44. The Labute approximate surface area is 92.2 Å². The summed E-state index contributed by atoms with van der Waals surface area (Å²) in [5.74, 6) is -0.313. The first kappa shape index (κ1) is 10.8. The van der Waals surface area contributed by atoms with Crippen molar-refractivity contribution in [3.05, 3.63) is 48.3 Å². The fraction of sp³-hybridized carbons (Fsp3) is 0.182. The number of hydrogen-bond donors (Lipinski definition) is 2. The van der Waals surface area contributed by atoms with Crippen molar-refractivity contribution in [1.29, 1.82) is 0 Å². The van der Waals surface area contributed by atoms with Crippen LogP contribution in [-0.2, 0) is 0 Å². The largest absolute Gasteiger partial charge is 0.385 e. The van der Waals surface area contributed by atoms with Gasteiger partial charge in [0.1, 0.15) is 11.9 Å². The molecular formula is C11H12FN3O. The van der Waals surface area contributed by atoms with E-state index in [9.17, 15) is 9.50 Å². The van der Waals surface area contributed by atoms with Gasteiger partial charge in [0.15, 0.2) is 0 Å². The summed E-state index contributed by atoms with van der Waals surface area (Å²) >= 11 is 0. The van der Waals surface area contributed by atoms with Crippen molar-refractivity contribution >= 4 is 0 Å². The summed E-state index contributed by atoms with van der Waals surface area (Å²) in [7, 11) is 0. The van der Waals surface area contributed by atoms with Crippen LogP contribution in [0.3, 0.4) is 0 Å². The third-order valence-electron chi connectivity index (χ3n) is 2.27. The zero-order chi connectivity index (χ0) is 11.5. The molecular weight excluding hydrogens is 209 g/mol. The van der Waals surface area contributed by atoms with Crippen molar-refractivity contribution in [3.63, 3.8) is 0 Å². The summed E-state index contributed by atoms with van der Waals surface area (Å²) in [5.41, 5.74) is 6.45. The van der Waals surface area contributed by atoms with Crippen LogP contribution in [0.2, 0.25) is 0 Å².